The number of halogens is 1. The fourth-order valence-electron chi connectivity index (χ4n) is 3.14. The molecule has 3 aromatic carbocycles. The molecular weight excluding hydrogens is 421 g/mol. The van der Waals surface area contributed by atoms with E-state index in [2.05, 4.69) is 16.7 Å². The van der Waals surface area contributed by atoms with E-state index in [4.69, 9.17) is 4.74 Å². The summed E-state index contributed by atoms with van der Waals surface area (Å²) in [7, 11) is 0. The summed E-state index contributed by atoms with van der Waals surface area (Å²) >= 11 is 0. The molecule has 7 heteroatoms. The number of rotatable bonds is 8. The highest BCUT2D eigenvalue weighted by atomic mass is 19.1. The molecule has 0 fully saturated rings. The first-order chi connectivity index (χ1) is 15.9. The minimum Gasteiger partial charge on any atom is -0.479 e. The molecule has 168 valence electrons. The standard InChI is InChI=1S/C26H24FN3O3/c1-17(2)24(33-23-9-4-3-7-20(23)15-28)26(32)29-16-18-6-5-8-22(14-18)30-25(31)19-10-12-21(27)13-11-19/h3-14,17,24H,16H2,1-2H3,(H,29,32)(H,30,31). The van der Waals surface area contributed by atoms with E-state index in [0.29, 0.717) is 22.6 Å². The highest BCUT2D eigenvalue weighted by Crippen LogP contribution is 2.21. The van der Waals surface area contributed by atoms with Crippen molar-refractivity contribution in [3.8, 4) is 11.8 Å². The van der Waals surface area contributed by atoms with Crippen molar-refractivity contribution in [2.24, 2.45) is 5.92 Å². The Balaban J connectivity index is 1.63. The van der Waals surface area contributed by atoms with Gasteiger partial charge in [0.05, 0.1) is 5.56 Å². The van der Waals surface area contributed by atoms with E-state index >= 15 is 0 Å². The van der Waals surface area contributed by atoms with Crippen LogP contribution in [0, 0.1) is 23.1 Å². The molecule has 33 heavy (non-hydrogen) atoms. The molecule has 2 amide bonds. The summed E-state index contributed by atoms with van der Waals surface area (Å²) in [5.41, 5.74) is 2.03. The number of nitrogens with one attached hydrogen (secondary N) is 2. The SMILES string of the molecule is CC(C)C(Oc1ccccc1C#N)C(=O)NCc1cccc(NC(=O)c2ccc(F)cc2)c1. The van der Waals surface area contributed by atoms with Crippen LogP contribution in [0.1, 0.15) is 35.3 Å². The molecule has 0 saturated carbocycles. The first kappa shape index (κ1) is 23.5. The van der Waals surface area contributed by atoms with E-state index in [1.54, 1.807) is 42.5 Å². The van der Waals surface area contributed by atoms with Gasteiger partial charge in [-0.25, -0.2) is 4.39 Å². The van der Waals surface area contributed by atoms with E-state index < -0.39 is 11.9 Å². The Hall–Kier alpha value is -4.18. The monoisotopic (exact) mass is 445 g/mol. The average Bonchev–Trinajstić information content (AvgIpc) is 2.81. The third kappa shape index (κ3) is 6.40. The predicted molar refractivity (Wildman–Crippen MR) is 123 cm³/mol. The molecule has 6 nitrogen and oxygen atoms in total. The van der Waals surface area contributed by atoms with Gasteiger partial charge in [0, 0.05) is 17.8 Å². The summed E-state index contributed by atoms with van der Waals surface area (Å²) in [6, 6.07) is 21.2. The molecule has 0 heterocycles. The van der Waals surface area contributed by atoms with Crippen molar-refractivity contribution < 1.29 is 18.7 Å². The molecule has 0 bridgehead atoms. The Morgan fingerprint density at radius 1 is 1.03 bits per heavy atom. The van der Waals surface area contributed by atoms with Crippen LogP contribution in [0.25, 0.3) is 0 Å². The number of carbonyl (C=O) groups is 2. The van der Waals surface area contributed by atoms with E-state index in [0.717, 1.165) is 5.56 Å². The molecule has 1 unspecified atom stereocenters. The van der Waals surface area contributed by atoms with Crippen molar-refractivity contribution >= 4 is 17.5 Å². The number of anilines is 1. The number of hydrogen-bond acceptors (Lipinski definition) is 4. The molecule has 0 aliphatic rings. The van der Waals surface area contributed by atoms with Crippen molar-refractivity contribution in [1.82, 2.24) is 5.32 Å². The maximum atomic E-state index is 13.1. The summed E-state index contributed by atoms with van der Waals surface area (Å²) in [4.78, 5) is 25.2. The van der Waals surface area contributed by atoms with Crippen LogP contribution >= 0.6 is 0 Å². The quantitative estimate of drug-likeness (QED) is 0.527. The Kier molecular flexibility index (Phi) is 7.77. The van der Waals surface area contributed by atoms with Gasteiger partial charge < -0.3 is 15.4 Å². The first-order valence-corrected chi connectivity index (χ1v) is 10.5. The van der Waals surface area contributed by atoms with Crippen LogP contribution in [0.5, 0.6) is 5.75 Å². The van der Waals surface area contributed by atoms with Gasteiger partial charge >= 0.3 is 0 Å². The number of ether oxygens (including phenoxy) is 1. The largest absolute Gasteiger partial charge is 0.479 e. The van der Waals surface area contributed by atoms with Crippen molar-refractivity contribution in [2.45, 2.75) is 26.5 Å². The number of carbonyl (C=O) groups excluding carboxylic acids is 2. The highest BCUT2D eigenvalue weighted by molar-refractivity contribution is 6.04. The normalized spacial score (nSPS) is 11.4. The molecule has 0 aliphatic heterocycles. The van der Waals surface area contributed by atoms with Gasteiger partial charge in [-0.2, -0.15) is 5.26 Å². The van der Waals surface area contributed by atoms with Crippen molar-refractivity contribution in [2.75, 3.05) is 5.32 Å². The van der Waals surface area contributed by atoms with E-state index in [1.165, 1.54) is 24.3 Å². The van der Waals surface area contributed by atoms with Gasteiger partial charge in [0.1, 0.15) is 17.6 Å². The smallest absolute Gasteiger partial charge is 0.261 e. The van der Waals surface area contributed by atoms with Crippen molar-refractivity contribution in [1.29, 1.82) is 5.26 Å². The fourth-order valence-corrected chi connectivity index (χ4v) is 3.14. The van der Waals surface area contributed by atoms with Crippen LogP contribution in [0.3, 0.4) is 0 Å². The molecule has 0 radical (unpaired) electrons. The van der Waals surface area contributed by atoms with Crippen LogP contribution in [-0.4, -0.2) is 17.9 Å². The maximum Gasteiger partial charge on any atom is 0.261 e. The minimum atomic E-state index is -0.777. The summed E-state index contributed by atoms with van der Waals surface area (Å²) in [6.45, 7) is 3.96. The number of para-hydroxylation sites is 1. The summed E-state index contributed by atoms with van der Waals surface area (Å²) in [5.74, 6) is -0.847. The first-order valence-electron chi connectivity index (χ1n) is 10.5. The van der Waals surface area contributed by atoms with Crippen LogP contribution in [-0.2, 0) is 11.3 Å². The zero-order chi connectivity index (χ0) is 23.8. The molecule has 3 aromatic rings. The van der Waals surface area contributed by atoms with Gasteiger partial charge in [-0.15, -0.1) is 0 Å². The van der Waals surface area contributed by atoms with Gasteiger partial charge in [0.25, 0.3) is 11.8 Å². The van der Waals surface area contributed by atoms with Crippen LogP contribution < -0.4 is 15.4 Å². The van der Waals surface area contributed by atoms with E-state index in [1.807, 2.05) is 19.9 Å². The lowest BCUT2D eigenvalue weighted by Gasteiger charge is -2.22. The zero-order valence-corrected chi connectivity index (χ0v) is 18.3. The third-order valence-corrected chi connectivity index (χ3v) is 4.88. The molecule has 2 N–H and O–H groups in total. The van der Waals surface area contributed by atoms with Gasteiger partial charge in [-0.3, -0.25) is 9.59 Å². The summed E-state index contributed by atoms with van der Waals surface area (Å²) in [5, 5.41) is 14.9. The third-order valence-electron chi connectivity index (χ3n) is 4.88. The second-order valence-electron chi connectivity index (χ2n) is 7.77. The lowest BCUT2D eigenvalue weighted by atomic mass is 10.1. The average molecular weight is 445 g/mol. The fraction of sp³-hybridized carbons (Fsp3) is 0.192. The number of nitriles is 1. The van der Waals surface area contributed by atoms with Gasteiger partial charge in [0.2, 0.25) is 0 Å². The Morgan fingerprint density at radius 2 is 1.76 bits per heavy atom. The second kappa shape index (κ2) is 10.9. The Morgan fingerprint density at radius 3 is 2.45 bits per heavy atom. The Labute approximate surface area is 192 Å². The van der Waals surface area contributed by atoms with Crippen LogP contribution in [0.4, 0.5) is 10.1 Å². The molecule has 0 spiro atoms. The lowest BCUT2D eigenvalue weighted by molar-refractivity contribution is -0.130. The number of benzene rings is 3. The summed E-state index contributed by atoms with van der Waals surface area (Å²) in [6.07, 6.45) is -0.777. The number of hydrogen-bond donors (Lipinski definition) is 2. The molecular formula is C26H24FN3O3. The maximum absolute atomic E-state index is 13.1. The lowest BCUT2D eigenvalue weighted by Crippen LogP contribution is -2.41. The Bertz CT molecular complexity index is 1170. The van der Waals surface area contributed by atoms with Crippen LogP contribution in [0.15, 0.2) is 72.8 Å². The van der Waals surface area contributed by atoms with Gasteiger partial charge in [-0.05, 0) is 60.0 Å². The minimum absolute atomic E-state index is 0.127. The van der Waals surface area contributed by atoms with Crippen LogP contribution in [0.2, 0.25) is 0 Å². The van der Waals surface area contributed by atoms with E-state index in [-0.39, 0.29) is 24.3 Å². The molecule has 0 aliphatic carbocycles. The predicted octanol–water partition coefficient (Wildman–Crippen LogP) is 4.67. The van der Waals surface area contributed by atoms with Gasteiger partial charge in [-0.1, -0.05) is 38.1 Å². The molecule has 1 atom stereocenters. The molecule has 3 rings (SSSR count). The van der Waals surface area contributed by atoms with Crippen molar-refractivity contribution in [3.05, 3.63) is 95.3 Å². The topological polar surface area (TPSA) is 91.2 Å². The number of amides is 2. The van der Waals surface area contributed by atoms with Crippen molar-refractivity contribution in [3.63, 3.8) is 0 Å². The van der Waals surface area contributed by atoms with Gasteiger partial charge in [0.15, 0.2) is 6.10 Å². The highest BCUT2D eigenvalue weighted by Gasteiger charge is 2.25. The molecule has 0 aromatic heterocycles. The zero-order valence-electron chi connectivity index (χ0n) is 18.3. The van der Waals surface area contributed by atoms with E-state index in [9.17, 15) is 19.2 Å². The second-order valence-corrected chi connectivity index (χ2v) is 7.77. The summed E-state index contributed by atoms with van der Waals surface area (Å²) < 4.78 is 18.9. The number of nitrogens with zero attached hydrogens (tertiary/aromatic N) is 1. The molecule has 0 saturated heterocycles.